The van der Waals surface area contributed by atoms with E-state index in [1.165, 1.54) is 0 Å². The van der Waals surface area contributed by atoms with Gasteiger partial charge in [0.2, 0.25) is 0 Å². The molecule has 0 amide bonds. The molecule has 0 aliphatic carbocycles. The predicted octanol–water partition coefficient (Wildman–Crippen LogP) is 3.60. The number of benzene rings is 1. The highest BCUT2D eigenvalue weighted by molar-refractivity contribution is 6.42. The van der Waals surface area contributed by atoms with Crippen LogP contribution in [0.2, 0.25) is 10.0 Å². The van der Waals surface area contributed by atoms with Crippen molar-refractivity contribution in [2.75, 3.05) is 19.7 Å². The molecule has 1 aromatic carbocycles. The summed E-state index contributed by atoms with van der Waals surface area (Å²) in [5, 5.41) is 20.0. The Balaban J connectivity index is 2.31. The molecular weight excluding hydrogens is 325 g/mol. The minimum atomic E-state index is -0.950. The highest BCUT2D eigenvalue weighted by atomic mass is 35.5. The molecule has 2 rings (SSSR count). The number of rotatable bonds is 6. The Morgan fingerprint density at radius 3 is 2.77 bits per heavy atom. The van der Waals surface area contributed by atoms with Crippen molar-refractivity contribution in [3.8, 4) is 0 Å². The average Bonchev–Trinajstić information content (AvgIpc) is 2.88. The summed E-state index contributed by atoms with van der Waals surface area (Å²) >= 11 is 12.2. The van der Waals surface area contributed by atoms with Crippen LogP contribution in [0, 0.1) is 5.41 Å². The van der Waals surface area contributed by atoms with Crippen molar-refractivity contribution < 1.29 is 15.0 Å². The van der Waals surface area contributed by atoms with E-state index in [0.29, 0.717) is 23.7 Å². The Morgan fingerprint density at radius 2 is 2.18 bits per heavy atom. The number of carboxylic acids is 1. The highest BCUT2D eigenvalue weighted by Gasteiger charge is 2.42. The van der Waals surface area contributed by atoms with Crippen molar-refractivity contribution in [2.45, 2.75) is 32.2 Å². The highest BCUT2D eigenvalue weighted by Crippen LogP contribution is 2.41. The second-order valence-electron chi connectivity index (χ2n) is 6.01. The third-order valence-electron chi connectivity index (χ3n) is 4.46. The topological polar surface area (TPSA) is 60.8 Å². The third-order valence-corrected chi connectivity index (χ3v) is 5.29. The van der Waals surface area contributed by atoms with Gasteiger partial charge in [-0.1, -0.05) is 48.7 Å². The molecule has 1 saturated heterocycles. The van der Waals surface area contributed by atoms with Crippen molar-refractivity contribution >= 4 is 29.2 Å². The smallest absolute Gasteiger partial charge is 0.325 e. The molecular formula is C16H21Cl2NO3. The van der Waals surface area contributed by atoms with E-state index >= 15 is 0 Å². The molecule has 4 nitrogen and oxygen atoms in total. The van der Waals surface area contributed by atoms with Gasteiger partial charge >= 0.3 is 5.97 Å². The zero-order valence-electron chi connectivity index (χ0n) is 12.6. The first kappa shape index (κ1) is 17.5. The Kier molecular flexibility index (Phi) is 5.72. The minimum Gasteiger partial charge on any atom is -0.480 e. The number of halogens is 2. The van der Waals surface area contributed by atoms with Crippen LogP contribution in [-0.4, -0.2) is 40.8 Å². The van der Waals surface area contributed by atoms with Crippen molar-refractivity contribution in [3.05, 3.63) is 33.8 Å². The standard InChI is InChI=1S/C16H21Cl2NO3/c1-2-6-16(10-20)7-8-19(9-16)14(15(21)22)11-4-3-5-12(17)13(11)18/h3-5,14,20H,2,6-10H2,1H3,(H,21,22). The zero-order valence-corrected chi connectivity index (χ0v) is 14.1. The lowest BCUT2D eigenvalue weighted by molar-refractivity contribution is -0.143. The summed E-state index contributed by atoms with van der Waals surface area (Å²) in [6.45, 7) is 3.33. The molecule has 2 atom stereocenters. The largest absolute Gasteiger partial charge is 0.480 e. The molecule has 6 heteroatoms. The summed E-state index contributed by atoms with van der Waals surface area (Å²) in [5.74, 6) is -0.950. The lowest BCUT2D eigenvalue weighted by Gasteiger charge is -2.30. The number of aliphatic hydroxyl groups is 1. The zero-order chi connectivity index (χ0) is 16.3. The van der Waals surface area contributed by atoms with Gasteiger partial charge in [-0.25, -0.2) is 0 Å². The average molecular weight is 346 g/mol. The number of nitrogens with zero attached hydrogens (tertiary/aromatic N) is 1. The van der Waals surface area contributed by atoms with Crippen LogP contribution in [0.1, 0.15) is 37.8 Å². The summed E-state index contributed by atoms with van der Waals surface area (Å²) in [6.07, 6.45) is 2.64. The van der Waals surface area contributed by atoms with E-state index in [0.717, 1.165) is 19.3 Å². The summed E-state index contributed by atoms with van der Waals surface area (Å²) in [4.78, 5) is 13.7. The molecule has 1 aliphatic rings. The number of carboxylic acid groups (broad SMARTS) is 1. The van der Waals surface area contributed by atoms with Crippen molar-refractivity contribution in [2.24, 2.45) is 5.41 Å². The maximum Gasteiger partial charge on any atom is 0.325 e. The van der Waals surface area contributed by atoms with Gasteiger partial charge in [0, 0.05) is 24.1 Å². The van der Waals surface area contributed by atoms with Crippen molar-refractivity contribution in [1.29, 1.82) is 0 Å². The number of hydrogen-bond donors (Lipinski definition) is 2. The van der Waals surface area contributed by atoms with E-state index in [1.54, 1.807) is 18.2 Å². The molecule has 2 N–H and O–H groups in total. The van der Waals surface area contributed by atoms with E-state index in [9.17, 15) is 15.0 Å². The van der Waals surface area contributed by atoms with E-state index in [-0.39, 0.29) is 17.0 Å². The second kappa shape index (κ2) is 7.18. The summed E-state index contributed by atoms with van der Waals surface area (Å²) < 4.78 is 0. The Hall–Kier alpha value is -0.810. The number of hydrogen-bond acceptors (Lipinski definition) is 3. The van der Waals surface area contributed by atoms with Crippen LogP contribution in [0.25, 0.3) is 0 Å². The van der Waals surface area contributed by atoms with Crippen LogP contribution in [0.5, 0.6) is 0 Å². The molecule has 0 aromatic heterocycles. The first-order chi connectivity index (χ1) is 10.4. The molecule has 0 saturated carbocycles. The molecule has 1 aliphatic heterocycles. The molecule has 1 aromatic rings. The molecule has 1 heterocycles. The van der Waals surface area contributed by atoms with Crippen LogP contribution >= 0.6 is 23.2 Å². The van der Waals surface area contributed by atoms with Crippen LogP contribution in [-0.2, 0) is 4.79 Å². The Morgan fingerprint density at radius 1 is 1.45 bits per heavy atom. The van der Waals surface area contributed by atoms with Crippen LogP contribution in [0.3, 0.4) is 0 Å². The molecule has 2 unspecified atom stereocenters. The van der Waals surface area contributed by atoms with E-state index in [1.807, 2.05) is 4.90 Å². The molecule has 1 fully saturated rings. The lowest BCUT2D eigenvalue weighted by Crippen LogP contribution is -2.36. The van der Waals surface area contributed by atoms with Gasteiger partial charge in [0.1, 0.15) is 6.04 Å². The van der Waals surface area contributed by atoms with Gasteiger partial charge in [-0.05, 0) is 25.5 Å². The summed E-state index contributed by atoms with van der Waals surface area (Å²) in [5.41, 5.74) is 0.292. The maximum absolute atomic E-state index is 11.8. The maximum atomic E-state index is 11.8. The van der Waals surface area contributed by atoms with Crippen molar-refractivity contribution in [1.82, 2.24) is 4.90 Å². The van der Waals surface area contributed by atoms with Crippen LogP contribution < -0.4 is 0 Å². The van der Waals surface area contributed by atoms with Crippen LogP contribution in [0.4, 0.5) is 0 Å². The third kappa shape index (κ3) is 3.40. The second-order valence-corrected chi connectivity index (χ2v) is 6.80. The minimum absolute atomic E-state index is 0.0763. The summed E-state index contributed by atoms with van der Waals surface area (Å²) in [6, 6.07) is 4.22. The molecule has 0 spiro atoms. The summed E-state index contributed by atoms with van der Waals surface area (Å²) in [7, 11) is 0. The Labute approximate surface area is 140 Å². The van der Waals surface area contributed by atoms with Gasteiger partial charge in [-0.3, -0.25) is 9.69 Å². The fraction of sp³-hybridized carbons (Fsp3) is 0.562. The number of aliphatic hydroxyl groups excluding tert-OH is 1. The van der Waals surface area contributed by atoms with Crippen LogP contribution in [0.15, 0.2) is 18.2 Å². The quantitative estimate of drug-likeness (QED) is 0.826. The molecule has 0 radical (unpaired) electrons. The fourth-order valence-corrected chi connectivity index (χ4v) is 3.76. The SMILES string of the molecule is CCCC1(CO)CCN(C(C(=O)O)c2cccc(Cl)c2Cl)C1. The predicted molar refractivity (Wildman–Crippen MR) is 87.5 cm³/mol. The monoisotopic (exact) mass is 345 g/mol. The Bertz CT molecular complexity index is 552. The first-order valence-corrected chi connectivity index (χ1v) is 8.21. The number of aliphatic carboxylic acids is 1. The van der Waals surface area contributed by atoms with E-state index in [2.05, 4.69) is 6.92 Å². The lowest BCUT2D eigenvalue weighted by atomic mass is 9.83. The first-order valence-electron chi connectivity index (χ1n) is 7.46. The molecule has 122 valence electrons. The van der Waals surface area contributed by atoms with Gasteiger partial charge in [0.15, 0.2) is 0 Å². The molecule has 22 heavy (non-hydrogen) atoms. The van der Waals surface area contributed by atoms with Gasteiger partial charge in [-0.2, -0.15) is 0 Å². The van der Waals surface area contributed by atoms with Gasteiger partial charge in [-0.15, -0.1) is 0 Å². The fourth-order valence-electron chi connectivity index (χ4n) is 3.35. The van der Waals surface area contributed by atoms with Gasteiger partial charge < -0.3 is 10.2 Å². The molecule has 0 bridgehead atoms. The van der Waals surface area contributed by atoms with Crippen molar-refractivity contribution in [3.63, 3.8) is 0 Å². The van der Waals surface area contributed by atoms with Gasteiger partial charge in [0.25, 0.3) is 0 Å². The van der Waals surface area contributed by atoms with Gasteiger partial charge in [0.05, 0.1) is 10.0 Å². The normalized spacial score (nSPS) is 23.6. The van der Waals surface area contributed by atoms with E-state index in [4.69, 9.17) is 23.2 Å². The number of likely N-dealkylation sites (tertiary alicyclic amines) is 1. The number of carbonyl (C=O) groups is 1. The van der Waals surface area contributed by atoms with E-state index < -0.39 is 12.0 Å².